The van der Waals surface area contributed by atoms with Crippen LogP contribution in [0.3, 0.4) is 0 Å². The Hall–Kier alpha value is -0.340. The summed E-state index contributed by atoms with van der Waals surface area (Å²) in [5.74, 6) is 1.38. The number of nitrogens with one attached hydrogen (secondary N) is 1. The minimum absolute atomic E-state index is 0. The van der Waals surface area contributed by atoms with Gasteiger partial charge < -0.3 is 10.1 Å². The van der Waals surface area contributed by atoms with E-state index in [1.165, 1.54) is 18.4 Å². The van der Waals surface area contributed by atoms with Gasteiger partial charge in [-0.1, -0.05) is 0 Å². The highest BCUT2D eigenvalue weighted by Gasteiger charge is 2.42. The smallest absolute Gasteiger partial charge is 0.256 e. The second-order valence-corrected chi connectivity index (χ2v) is 7.83. The molecule has 108 valence electrons. The van der Waals surface area contributed by atoms with Crippen molar-refractivity contribution < 1.29 is 13.2 Å². The van der Waals surface area contributed by atoms with Gasteiger partial charge in [0.25, 0.3) is 10.0 Å². The molecule has 0 bridgehead atoms. The van der Waals surface area contributed by atoms with Crippen molar-refractivity contribution in [1.82, 2.24) is 9.62 Å². The van der Waals surface area contributed by atoms with Crippen molar-refractivity contribution >= 4 is 33.8 Å². The van der Waals surface area contributed by atoms with Crippen LogP contribution in [0.1, 0.15) is 0 Å². The Bertz CT molecular complexity index is 534. The fourth-order valence-corrected chi connectivity index (χ4v) is 5.72. The van der Waals surface area contributed by atoms with E-state index in [2.05, 4.69) is 5.32 Å². The molecule has 0 radical (unpaired) electrons. The van der Waals surface area contributed by atoms with Gasteiger partial charge in [-0.3, -0.25) is 0 Å². The van der Waals surface area contributed by atoms with Gasteiger partial charge in [-0.2, -0.15) is 4.31 Å². The number of methoxy groups -OCH3 is 1. The van der Waals surface area contributed by atoms with Crippen LogP contribution in [0.4, 0.5) is 0 Å². The van der Waals surface area contributed by atoms with E-state index >= 15 is 0 Å². The third-order valence-electron chi connectivity index (χ3n) is 3.75. The summed E-state index contributed by atoms with van der Waals surface area (Å²) in [7, 11) is -1.88. The number of hydrogen-bond donors (Lipinski definition) is 1. The maximum absolute atomic E-state index is 12.5. The van der Waals surface area contributed by atoms with E-state index in [4.69, 9.17) is 4.74 Å². The SMILES string of the molecule is COc1ccsc1S(=O)(=O)N1C[C@H]2CNC[C@H]2C1.Cl. The molecule has 2 atom stereocenters. The summed E-state index contributed by atoms with van der Waals surface area (Å²) in [4.78, 5) is 0. The summed E-state index contributed by atoms with van der Waals surface area (Å²) in [6, 6.07) is 1.70. The Kier molecular flexibility index (Phi) is 4.42. The quantitative estimate of drug-likeness (QED) is 0.902. The Labute approximate surface area is 123 Å². The van der Waals surface area contributed by atoms with Crippen LogP contribution in [0.25, 0.3) is 0 Å². The molecule has 1 aromatic rings. The van der Waals surface area contributed by atoms with Gasteiger partial charge in [-0.05, 0) is 36.4 Å². The standard InChI is InChI=1S/C11H16N2O3S2.ClH/c1-16-10-2-3-17-11(10)18(14,15)13-6-8-4-12-5-9(8)7-13;/h2-3,8-9,12H,4-7H2,1H3;1H/t8-,9+;. The van der Waals surface area contributed by atoms with Crippen LogP contribution in [0, 0.1) is 11.8 Å². The maximum Gasteiger partial charge on any atom is 0.256 e. The van der Waals surface area contributed by atoms with Crippen LogP contribution in [0.15, 0.2) is 15.7 Å². The largest absolute Gasteiger partial charge is 0.494 e. The number of fused-ring (bicyclic) bond motifs is 1. The minimum atomic E-state index is -3.38. The molecule has 8 heteroatoms. The molecule has 19 heavy (non-hydrogen) atoms. The summed E-state index contributed by atoms with van der Waals surface area (Å²) in [5, 5.41) is 5.06. The number of thiophene rings is 1. The highest BCUT2D eigenvalue weighted by atomic mass is 35.5. The van der Waals surface area contributed by atoms with Gasteiger partial charge in [-0.25, -0.2) is 8.42 Å². The number of hydrogen-bond acceptors (Lipinski definition) is 5. The average molecular weight is 325 g/mol. The second-order valence-electron chi connectivity index (χ2n) is 4.78. The fraction of sp³-hybridized carbons (Fsp3) is 0.636. The van der Waals surface area contributed by atoms with Gasteiger partial charge in [-0.15, -0.1) is 23.7 Å². The molecule has 0 amide bonds. The Morgan fingerprint density at radius 2 is 2.00 bits per heavy atom. The Morgan fingerprint density at radius 3 is 2.58 bits per heavy atom. The molecule has 2 aliphatic rings. The van der Waals surface area contributed by atoms with Crippen molar-refractivity contribution in [1.29, 1.82) is 0 Å². The average Bonchev–Trinajstić information content (AvgIpc) is 3.03. The van der Waals surface area contributed by atoms with E-state index in [0.717, 1.165) is 13.1 Å². The molecule has 0 aromatic carbocycles. The number of nitrogens with zero attached hydrogens (tertiary/aromatic N) is 1. The van der Waals surface area contributed by atoms with Gasteiger partial charge in [0.05, 0.1) is 7.11 Å². The zero-order chi connectivity index (χ0) is 12.8. The van der Waals surface area contributed by atoms with Gasteiger partial charge in [0, 0.05) is 13.1 Å². The monoisotopic (exact) mass is 324 g/mol. The zero-order valence-electron chi connectivity index (χ0n) is 10.5. The lowest BCUT2D eigenvalue weighted by Crippen LogP contribution is -2.31. The molecule has 0 unspecified atom stereocenters. The van der Waals surface area contributed by atoms with E-state index in [9.17, 15) is 8.42 Å². The highest BCUT2D eigenvalue weighted by Crippen LogP contribution is 2.36. The molecule has 0 aliphatic carbocycles. The first kappa shape index (κ1) is 15.1. The van der Waals surface area contributed by atoms with Gasteiger partial charge in [0.15, 0.2) is 4.21 Å². The van der Waals surface area contributed by atoms with E-state index in [-0.39, 0.29) is 12.4 Å². The molecule has 0 saturated carbocycles. The van der Waals surface area contributed by atoms with Gasteiger partial charge in [0.1, 0.15) is 5.75 Å². The molecular weight excluding hydrogens is 308 g/mol. The van der Waals surface area contributed by atoms with Crippen molar-refractivity contribution in [3.05, 3.63) is 11.4 Å². The van der Waals surface area contributed by atoms with Crippen molar-refractivity contribution in [2.24, 2.45) is 11.8 Å². The van der Waals surface area contributed by atoms with Gasteiger partial charge in [0.2, 0.25) is 0 Å². The van der Waals surface area contributed by atoms with Crippen molar-refractivity contribution in [3.8, 4) is 5.75 Å². The molecule has 2 aliphatic heterocycles. The van der Waals surface area contributed by atoms with Crippen molar-refractivity contribution in [2.75, 3.05) is 33.3 Å². The first-order valence-corrected chi connectivity index (χ1v) is 8.27. The van der Waals surface area contributed by atoms with Crippen LogP contribution >= 0.6 is 23.7 Å². The normalized spacial score (nSPS) is 27.0. The van der Waals surface area contributed by atoms with Crippen LogP contribution in [-0.4, -0.2) is 46.0 Å². The number of ether oxygens (including phenoxy) is 1. The van der Waals surface area contributed by atoms with Crippen LogP contribution in [0.2, 0.25) is 0 Å². The number of sulfonamides is 1. The molecule has 1 N–H and O–H groups in total. The zero-order valence-corrected chi connectivity index (χ0v) is 13.0. The topological polar surface area (TPSA) is 58.6 Å². The van der Waals surface area contributed by atoms with E-state index < -0.39 is 10.0 Å². The minimum Gasteiger partial charge on any atom is -0.494 e. The Balaban J connectivity index is 0.00000133. The van der Waals surface area contributed by atoms with Crippen LogP contribution < -0.4 is 10.1 Å². The molecule has 2 saturated heterocycles. The number of rotatable bonds is 3. The van der Waals surface area contributed by atoms with Crippen molar-refractivity contribution in [2.45, 2.75) is 4.21 Å². The third-order valence-corrected chi connectivity index (χ3v) is 7.00. The fourth-order valence-electron chi connectivity index (χ4n) is 2.75. The summed E-state index contributed by atoms with van der Waals surface area (Å²) >= 11 is 1.23. The molecular formula is C11H17ClN2O3S2. The summed E-state index contributed by atoms with van der Waals surface area (Å²) in [5.41, 5.74) is 0. The van der Waals surface area contributed by atoms with Crippen LogP contribution in [-0.2, 0) is 10.0 Å². The molecule has 5 nitrogen and oxygen atoms in total. The summed E-state index contributed by atoms with van der Waals surface area (Å²) < 4.78 is 32.1. The molecule has 3 rings (SSSR count). The van der Waals surface area contributed by atoms with E-state index in [0.29, 0.717) is 34.9 Å². The highest BCUT2D eigenvalue weighted by molar-refractivity contribution is 7.91. The lowest BCUT2D eigenvalue weighted by atomic mass is 10.0. The summed E-state index contributed by atoms with van der Waals surface area (Å²) in [6.07, 6.45) is 0. The van der Waals surface area contributed by atoms with E-state index in [1.54, 1.807) is 15.8 Å². The molecule has 2 fully saturated rings. The van der Waals surface area contributed by atoms with Gasteiger partial charge >= 0.3 is 0 Å². The lowest BCUT2D eigenvalue weighted by Gasteiger charge is -2.17. The predicted octanol–water partition coefficient (Wildman–Crippen LogP) is 1.02. The van der Waals surface area contributed by atoms with Crippen LogP contribution in [0.5, 0.6) is 5.75 Å². The molecule has 3 heterocycles. The lowest BCUT2D eigenvalue weighted by molar-refractivity contribution is 0.400. The molecule has 1 aromatic heterocycles. The predicted molar refractivity (Wildman–Crippen MR) is 76.7 cm³/mol. The Morgan fingerprint density at radius 1 is 1.37 bits per heavy atom. The number of halogens is 1. The maximum atomic E-state index is 12.5. The second kappa shape index (κ2) is 5.57. The van der Waals surface area contributed by atoms with E-state index in [1.807, 2.05) is 0 Å². The third kappa shape index (κ3) is 2.50. The first-order chi connectivity index (χ1) is 8.63. The molecule has 0 spiro atoms. The summed E-state index contributed by atoms with van der Waals surface area (Å²) in [6.45, 7) is 3.11. The first-order valence-electron chi connectivity index (χ1n) is 5.95. The van der Waals surface area contributed by atoms with Crippen molar-refractivity contribution in [3.63, 3.8) is 0 Å².